The molecule has 1 aromatic carbocycles. The molecule has 1 aromatic heterocycles. The maximum Gasteiger partial charge on any atom is 0.352 e. The van der Waals surface area contributed by atoms with Gasteiger partial charge in [-0.15, -0.1) is 0 Å². The van der Waals surface area contributed by atoms with Gasteiger partial charge in [-0.3, -0.25) is 0 Å². The van der Waals surface area contributed by atoms with Crippen molar-refractivity contribution in [1.82, 2.24) is 4.98 Å². The molecule has 19 heavy (non-hydrogen) atoms. The van der Waals surface area contributed by atoms with Gasteiger partial charge in [0.1, 0.15) is 5.69 Å². The normalized spacial score (nSPS) is 12.3. The van der Waals surface area contributed by atoms with Gasteiger partial charge in [-0.05, 0) is 23.3 Å². The van der Waals surface area contributed by atoms with Gasteiger partial charge in [0.2, 0.25) is 0 Å². The predicted molar refractivity (Wildman–Crippen MR) is 72.7 cm³/mol. The van der Waals surface area contributed by atoms with Crippen molar-refractivity contribution in [2.24, 2.45) is 0 Å². The van der Waals surface area contributed by atoms with Crippen molar-refractivity contribution in [3.05, 3.63) is 58.4 Å². The fourth-order valence-corrected chi connectivity index (χ4v) is 2.21. The number of hydrogen-bond donors (Lipinski definition) is 2. The zero-order valence-electron chi connectivity index (χ0n) is 10.4. The number of benzene rings is 1. The fraction of sp³-hybridized carbons (Fsp3) is 0.214. The maximum absolute atomic E-state index is 10.8. The first-order valence-corrected chi connectivity index (χ1v) is 6.17. The molecule has 2 N–H and O–H groups in total. The van der Waals surface area contributed by atoms with Gasteiger partial charge < -0.3 is 14.8 Å². The van der Waals surface area contributed by atoms with Crippen LogP contribution in [0, 0.1) is 0 Å². The molecular formula is C14H14ClNO3. The smallest absolute Gasteiger partial charge is 0.352 e. The summed E-state index contributed by atoms with van der Waals surface area (Å²) < 4.78 is 5.45. The zero-order chi connectivity index (χ0) is 13.8. The molecule has 1 heterocycles. The van der Waals surface area contributed by atoms with Crippen LogP contribution in [0.5, 0.6) is 0 Å². The highest BCUT2D eigenvalue weighted by atomic mass is 35.5. The summed E-state index contributed by atoms with van der Waals surface area (Å²) in [5, 5.41) is 9.51. The molecule has 0 radical (unpaired) electrons. The molecule has 4 nitrogen and oxygen atoms in total. The molecule has 100 valence electrons. The number of aromatic nitrogens is 1. The zero-order valence-corrected chi connectivity index (χ0v) is 11.1. The van der Waals surface area contributed by atoms with Gasteiger partial charge >= 0.3 is 5.97 Å². The van der Waals surface area contributed by atoms with Crippen LogP contribution in [0.3, 0.4) is 0 Å². The lowest BCUT2D eigenvalue weighted by molar-refractivity contribution is 0.0691. The van der Waals surface area contributed by atoms with Gasteiger partial charge in [0.25, 0.3) is 0 Å². The summed E-state index contributed by atoms with van der Waals surface area (Å²) in [6.07, 6.45) is 2.03. The van der Waals surface area contributed by atoms with Crippen LogP contribution in [-0.2, 0) is 11.2 Å². The SMILES string of the molecule is COC(Cc1c[nH]c(C(=O)O)c1)c1ccccc1Cl. The number of halogens is 1. The minimum absolute atomic E-state index is 0.170. The minimum Gasteiger partial charge on any atom is -0.477 e. The number of aromatic carboxylic acids is 1. The quantitative estimate of drug-likeness (QED) is 0.883. The molecule has 2 aromatic rings. The van der Waals surface area contributed by atoms with E-state index in [9.17, 15) is 4.79 Å². The Morgan fingerprint density at radius 2 is 2.21 bits per heavy atom. The van der Waals surface area contributed by atoms with Crippen LogP contribution in [-0.4, -0.2) is 23.2 Å². The lowest BCUT2D eigenvalue weighted by Crippen LogP contribution is -2.05. The third-order valence-corrected chi connectivity index (χ3v) is 3.28. The van der Waals surface area contributed by atoms with Crippen molar-refractivity contribution in [2.45, 2.75) is 12.5 Å². The summed E-state index contributed by atoms with van der Waals surface area (Å²) in [6.45, 7) is 0. The second-order valence-electron chi connectivity index (χ2n) is 4.18. The van der Waals surface area contributed by atoms with Gasteiger partial charge in [0, 0.05) is 24.8 Å². The predicted octanol–water partition coefficient (Wildman–Crippen LogP) is 3.30. The number of rotatable bonds is 5. The second kappa shape index (κ2) is 5.91. The van der Waals surface area contributed by atoms with Crippen molar-refractivity contribution >= 4 is 17.6 Å². The molecule has 1 unspecified atom stereocenters. The number of H-pyrrole nitrogens is 1. The molecule has 0 amide bonds. The molecule has 0 saturated heterocycles. The Bertz CT molecular complexity index is 580. The van der Waals surface area contributed by atoms with E-state index in [1.165, 1.54) is 0 Å². The van der Waals surface area contributed by atoms with Crippen LogP contribution >= 0.6 is 11.6 Å². The molecular weight excluding hydrogens is 266 g/mol. The van der Waals surface area contributed by atoms with Gasteiger partial charge in [-0.1, -0.05) is 29.8 Å². The van der Waals surface area contributed by atoms with Crippen LogP contribution in [0.25, 0.3) is 0 Å². The van der Waals surface area contributed by atoms with E-state index < -0.39 is 5.97 Å². The Labute approximate surface area is 116 Å². The van der Waals surface area contributed by atoms with E-state index in [0.29, 0.717) is 11.4 Å². The van der Waals surface area contributed by atoms with E-state index in [1.807, 2.05) is 24.3 Å². The summed E-state index contributed by atoms with van der Waals surface area (Å²) in [7, 11) is 1.61. The van der Waals surface area contributed by atoms with Gasteiger partial charge in [-0.2, -0.15) is 0 Å². The molecule has 0 saturated carbocycles. The molecule has 0 aliphatic carbocycles. The highest BCUT2D eigenvalue weighted by Crippen LogP contribution is 2.28. The van der Waals surface area contributed by atoms with Crippen molar-refractivity contribution in [3.63, 3.8) is 0 Å². The minimum atomic E-state index is -0.974. The van der Waals surface area contributed by atoms with Crippen LogP contribution in [0.15, 0.2) is 36.5 Å². The Hall–Kier alpha value is -1.78. The first-order chi connectivity index (χ1) is 9.11. The van der Waals surface area contributed by atoms with Gasteiger partial charge in [0.05, 0.1) is 6.10 Å². The lowest BCUT2D eigenvalue weighted by Gasteiger charge is -2.16. The highest BCUT2D eigenvalue weighted by molar-refractivity contribution is 6.31. The third-order valence-electron chi connectivity index (χ3n) is 2.93. The average molecular weight is 280 g/mol. The number of methoxy groups -OCH3 is 1. The largest absolute Gasteiger partial charge is 0.477 e. The summed E-state index contributed by atoms with van der Waals surface area (Å²) in [4.78, 5) is 13.5. The lowest BCUT2D eigenvalue weighted by atomic mass is 10.0. The van der Waals surface area contributed by atoms with E-state index in [2.05, 4.69) is 4.98 Å². The maximum atomic E-state index is 10.8. The van der Waals surface area contributed by atoms with Crippen LogP contribution in [0.1, 0.15) is 27.7 Å². The van der Waals surface area contributed by atoms with Crippen LogP contribution < -0.4 is 0 Å². The number of carboxylic acid groups (broad SMARTS) is 1. The van der Waals surface area contributed by atoms with Gasteiger partial charge in [-0.25, -0.2) is 4.79 Å². The monoisotopic (exact) mass is 279 g/mol. The fourth-order valence-electron chi connectivity index (χ4n) is 1.95. The molecule has 2 rings (SSSR count). The summed E-state index contributed by atoms with van der Waals surface area (Å²) in [5.41, 5.74) is 1.93. The number of aromatic amines is 1. The Balaban J connectivity index is 2.19. The number of ether oxygens (including phenoxy) is 1. The summed E-state index contributed by atoms with van der Waals surface area (Å²) in [5.74, 6) is -0.974. The van der Waals surface area contributed by atoms with Crippen molar-refractivity contribution < 1.29 is 14.6 Å². The number of carbonyl (C=O) groups is 1. The van der Waals surface area contributed by atoms with Crippen LogP contribution in [0.2, 0.25) is 5.02 Å². The number of hydrogen-bond acceptors (Lipinski definition) is 2. The molecule has 0 fully saturated rings. The van der Waals surface area contributed by atoms with Gasteiger partial charge in [0.15, 0.2) is 0 Å². The Kier molecular flexibility index (Phi) is 4.24. The topological polar surface area (TPSA) is 62.3 Å². The molecule has 0 aliphatic rings. The van der Waals surface area contributed by atoms with E-state index in [1.54, 1.807) is 19.4 Å². The average Bonchev–Trinajstić information content (AvgIpc) is 2.86. The molecule has 0 spiro atoms. The first-order valence-electron chi connectivity index (χ1n) is 5.79. The van der Waals surface area contributed by atoms with Crippen molar-refractivity contribution in [1.29, 1.82) is 0 Å². The first kappa shape index (κ1) is 13.6. The molecule has 1 atom stereocenters. The Morgan fingerprint density at radius 3 is 2.79 bits per heavy atom. The Morgan fingerprint density at radius 1 is 1.47 bits per heavy atom. The highest BCUT2D eigenvalue weighted by Gasteiger charge is 2.16. The van der Waals surface area contributed by atoms with E-state index in [0.717, 1.165) is 11.1 Å². The number of carboxylic acids is 1. The summed E-state index contributed by atoms with van der Waals surface area (Å²) >= 11 is 6.14. The van der Waals surface area contributed by atoms with E-state index >= 15 is 0 Å². The second-order valence-corrected chi connectivity index (χ2v) is 4.58. The third kappa shape index (κ3) is 3.16. The molecule has 5 heteroatoms. The molecule has 0 bridgehead atoms. The number of nitrogens with one attached hydrogen (secondary N) is 1. The van der Waals surface area contributed by atoms with E-state index in [-0.39, 0.29) is 11.8 Å². The van der Waals surface area contributed by atoms with E-state index in [4.69, 9.17) is 21.4 Å². The molecule has 0 aliphatic heterocycles. The van der Waals surface area contributed by atoms with Crippen molar-refractivity contribution in [3.8, 4) is 0 Å². The van der Waals surface area contributed by atoms with Crippen LogP contribution in [0.4, 0.5) is 0 Å². The standard InChI is InChI=1S/C14H14ClNO3/c1-19-13(10-4-2-3-5-11(10)15)7-9-6-12(14(17)18)16-8-9/h2-6,8,13,16H,7H2,1H3,(H,17,18). The summed E-state index contributed by atoms with van der Waals surface area (Å²) in [6, 6.07) is 9.07. The van der Waals surface area contributed by atoms with Crippen molar-refractivity contribution in [2.75, 3.05) is 7.11 Å².